The highest BCUT2D eigenvalue weighted by Gasteiger charge is 2.32. The zero-order valence-electron chi connectivity index (χ0n) is 21.5. The number of nitrogens with one attached hydrogen (secondary N) is 1. The minimum Gasteiger partial charge on any atom is -0.504 e. The Balaban J connectivity index is 1.86. The first-order valence-corrected chi connectivity index (χ1v) is 12.0. The third-order valence-corrected chi connectivity index (χ3v) is 5.58. The lowest BCUT2D eigenvalue weighted by Gasteiger charge is -2.24. The number of hydrogen-bond acceptors (Lipinski definition) is 9. The quantitative estimate of drug-likeness (QED) is 0.349. The molecule has 1 aromatic heterocycles. The second-order valence-electron chi connectivity index (χ2n) is 9.35. The topological polar surface area (TPSA) is 142 Å². The van der Waals surface area contributed by atoms with Gasteiger partial charge in [-0.05, 0) is 37.8 Å². The van der Waals surface area contributed by atoms with Crippen molar-refractivity contribution in [3.05, 3.63) is 34.6 Å². The van der Waals surface area contributed by atoms with Crippen LogP contribution in [-0.4, -0.2) is 58.0 Å². The molecule has 0 saturated heterocycles. The van der Waals surface area contributed by atoms with E-state index in [1.807, 2.05) is 34.6 Å². The van der Waals surface area contributed by atoms with E-state index in [0.29, 0.717) is 48.6 Å². The van der Waals surface area contributed by atoms with Gasteiger partial charge in [-0.3, -0.25) is 10.2 Å². The Kier molecular flexibility index (Phi) is 8.35. The number of aromatic hydroxyl groups is 1. The normalized spacial score (nSPS) is 12.8. The number of hydrogen-bond donors (Lipinski definition) is 2. The maximum absolute atomic E-state index is 13.3. The number of nitrogens with zero attached hydrogens (tertiary/aromatic N) is 4. The van der Waals surface area contributed by atoms with Crippen molar-refractivity contribution in [2.75, 3.05) is 26.4 Å². The van der Waals surface area contributed by atoms with E-state index in [1.165, 1.54) is 6.07 Å². The molecular formula is C26H33N5O5. The fourth-order valence-electron chi connectivity index (χ4n) is 3.79. The summed E-state index contributed by atoms with van der Waals surface area (Å²) in [5.74, 6) is 0.521. The van der Waals surface area contributed by atoms with Crippen molar-refractivity contribution in [2.24, 2.45) is 0 Å². The summed E-state index contributed by atoms with van der Waals surface area (Å²) in [6.45, 7) is 10.6. The van der Waals surface area contributed by atoms with Gasteiger partial charge in [-0.15, -0.1) is 0 Å². The molecule has 3 rings (SSSR count). The largest absolute Gasteiger partial charge is 0.504 e. The first-order chi connectivity index (χ1) is 17.1. The van der Waals surface area contributed by atoms with Crippen LogP contribution in [0.1, 0.15) is 74.8 Å². The smallest absolute Gasteiger partial charge is 0.278 e. The van der Waals surface area contributed by atoms with E-state index in [0.717, 1.165) is 0 Å². The minimum atomic E-state index is -0.444. The average Bonchev–Trinajstić information content (AvgIpc) is 3.11. The van der Waals surface area contributed by atoms with E-state index in [-0.39, 0.29) is 54.6 Å². The van der Waals surface area contributed by atoms with E-state index >= 15 is 0 Å². The Hall–Kier alpha value is -3.87. The number of unbranched alkanes of at least 4 members (excludes halogenated alkanes) is 1. The fourth-order valence-corrected chi connectivity index (χ4v) is 3.79. The van der Waals surface area contributed by atoms with Gasteiger partial charge in [0.05, 0.1) is 44.7 Å². The number of fused-ring (bicyclic) bond motifs is 1. The summed E-state index contributed by atoms with van der Waals surface area (Å²) in [7, 11) is 0. The standard InChI is InChI=1S/C26H33N5O5/c1-6-34-24-25(35-7-2)30-21-18(29-24)14-31(23(21)28)15-19(32)16-12-17(26(3,4)5)22(33)20(13-16)36-11-9-8-10-27/h12-13,28,33H,6-9,11,14-15H2,1-5H3. The number of ether oxygens (including phenoxy) is 3. The Morgan fingerprint density at radius 3 is 2.44 bits per heavy atom. The number of rotatable bonds is 11. The molecule has 2 N–H and O–H groups in total. The molecule has 2 aromatic rings. The molecule has 1 aliphatic rings. The van der Waals surface area contributed by atoms with Crippen molar-refractivity contribution in [1.29, 1.82) is 10.7 Å². The molecule has 0 saturated carbocycles. The number of phenols is 1. The zero-order valence-corrected chi connectivity index (χ0v) is 21.5. The summed E-state index contributed by atoms with van der Waals surface area (Å²) in [5.41, 5.74) is 1.40. The van der Waals surface area contributed by atoms with Gasteiger partial charge in [-0.1, -0.05) is 20.8 Å². The molecule has 0 bridgehead atoms. The molecule has 1 aliphatic heterocycles. The molecule has 36 heavy (non-hydrogen) atoms. The van der Waals surface area contributed by atoms with Gasteiger partial charge in [0.1, 0.15) is 11.5 Å². The monoisotopic (exact) mass is 495 g/mol. The predicted octanol–water partition coefficient (Wildman–Crippen LogP) is 3.98. The number of aromatic nitrogens is 2. The van der Waals surface area contributed by atoms with E-state index in [4.69, 9.17) is 24.9 Å². The maximum Gasteiger partial charge on any atom is 0.278 e. The number of carbonyl (C=O) groups excluding carboxylic acids is 1. The highest BCUT2D eigenvalue weighted by molar-refractivity contribution is 6.04. The molecule has 0 spiro atoms. The van der Waals surface area contributed by atoms with Crippen molar-refractivity contribution in [1.82, 2.24) is 14.9 Å². The van der Waals surface area contributed by atoms with Crippen LogP contribution >= 0.6 is 0 Å². The predicted molar refractivity (Wildman–Crippen MR) is 133 cm³/mol. The van der Waals surface area contributed by atoms with Crippen LogP contribution in [0, 0.1) is 16.7 Å². The van der Waals surface area contributed by atoms with Crippen LogP contribution in [0.3, 0.4) is 0 Å². The van der Waals surface area contributed by atoms with Crippen molar-refractivity contribution < 1.29 is 24.1 Å². The number of ketones is 1. The highest BCUT2D eigenvalue weighted by atomic mass is 16.5. The molecule has 0 aliphatic carbocycles. The first-order valence-electron chi connectivity index (χ1n) is 12.0. The average molecular weight is 496 g/mol. The van der Waals surface area contributed by atoms with Crippen LogP contribution in [0.4, 0.5) is 0 Å². The number of carbonyl (C=O) groups is 1. The summed E-state index contributed by atoms with van der Waals surface area (Å²) in [6, 6.07) is 5.25. The number of nitriles is 1. The SMILES string of the molecule is CCOc1nc2c(nc1OCC)C(=N)N(CC(=O)c1cc(OCCCC#N)c(O)c(C(C)(C)C)c1)C2. The third kappa shape index (κ3) is 5.85. The second-order valence-corrected chi connectivity index (χ2v) is 9.35. The fraction of sp³-hybridized carbons (Fsp3) is 0.500. The molecular weight excluding hydrogens is 462 g/mol. The summed E-state index contributed by atoms with van der Waals surface area (Å²) in [4.78, 5) is 23.9. The number of benzene rings is 1. The van der Waals surface area contributed by atoms with E-state index < -0.39 is 5.41 Å². The molecule has 1 aromatic carbocycles. The van der Waals surface area contributed by atoms with Gasteiger partial charge in [0, 0.05) is 17.5 Å². The van der Waals surface area contributed by atoms with Gasteiger partial charge >= 0.3 is 0 Å². The molecule has 0 radical (unpaired) electrons. The van der Waals surface area contributed by atoms with Crippen molar-refractivity contribution in [3.8, 4) is 29.3 Å². The Morgan fingerprint density at radius 1 is 1.17 bits per heavy atom. The highest BCUT2D eigenvalue weighted by Crippen LogP contribution is 2.39. The lowest BCUT2D eigenvalue weighted by Crippen LogP contribution is -2.30. The van der Waals surface area contributed by atoms with Crippen molar-refractivity contribution in [3.63, 3.8) is 0 Å². The maximum atomic E-state index is 13.3. The Labute approximate surface area is 211 Å². The molecule has 192 valence electrons. The Bertz CT molecular complexity index is 1180. The molecule has 0 fully saturated rings. The summed E-state index contributed by atoms with van der Waals surface area (Å²) >= 11 is 0. The molecule has 10 nitrogen and oxygen atoms in total. The number of phenolic OH excluding ortho intramolecular Hbond substituents is 1. The van der Waals surface area contributed by atoms with Crippen molar-refractivity contribution >= 4 is 11.6 Å². The minimum absolute atomic E-state index is 0.0161. The van der Waals surface area contributed by atoms with Gasteiger partial charge < -0.3 is 24.2 Å². The lowest BCUT2D eigenvalue weighted by atomic mass is 9.84. The van der Waals surface area contributed by atoms with E-state index in [9.17, 15) is 9.90 Å². The van der Waals surface area contributed by atoms with Crippen molar-refractivity contribution in [2.45, 2.75) is 59.4 Å². The summed E-state index contributed by atoms with van der Waals surface area (Å²) in [6.07, 6.45) is 0.844. The van der Waals surface area contributed by atoms with Crippen LogP contribution in [-0.2, 0) is 12.0 Å². The zero-order chi connectivity index (χ0) is 26.5. The van der Waals surface area contributed by atoms with E-state index in [1.54, 1.807) is 11.0 Å². The Morgan fingerprint density at radius 2 is 1.83 bits per heavy atom. The number of Topliss-reactive ketones (excluding diaryl/α,β-unsaturated/α-hetero) is 1. The van der Waals surface area contributed by atoms with Gasteiger partial charge in [0.15, 0.2) is 17.3 Å². The first kappa shape index (κ1) is 26.7. The van der Waals surface area contributed by atoms with Crippen LogP contribution in [0.2, 0.25) is 0 Å². The molecule has 10 heteroatoms. The van der Waals surface area contributed by atoms with Crippen LogP contribution in [0.15, 0.2) is 12.1 Å². The molecule has 0 atom stereocenters. The lowest BCUT2D eigenvalue weighted by molar-refractivity contribution is 0.0961. The van der Waals surface area contributed by atoms with Gasteiger partial charge in [-0.2, -0.15) is 5.26 Å². The third-order valence-electron chi connectivity index (χ3n) is 5.58. The van der Waals surface area contributed by atoms with Gasteiger partial charge in [-0.25, -0.2) is 9.97 Å². The van der Waals surface area contributed by atoms with Crippen LogP contribution in [0.25, 0.3) is 0 Å². The molecule has 2 heterocycles. The number of amidine groups is 1. The second kappa shape index (κ2) is 11.2. The van der Waals surface area contributed by atoms with Gasteiger partial charge in [0.25, 0.3) is 11.8 Å². The molecule has 0 unspecified atom stereocenters. The molecule has 0 amide bonds. The van der Waals surface area contributed by atoms with E-state index in [2.05, 4.69) is 16.0 Å². The van der Waals surface area contributed by atoms with Crippen LogP contribution < -0.4 is 14.2 Å². The summed E-state index contributed by atoms with van der Waals surface area (Å²) < 4.78 is 16.8. The van der Waals surface area contributed by atoms with Crippen LogP contribution in [0.5, 0.6) is 23.3 Å². The van der Waals surface area contributed by atoms with Gasteiger partial charge in [0.2, 0.25) is 0 Å². The summed E-state index contributed by atoms with van der Waals surface area (Å²) in [5, 5.41) is 28.1.